The number of hydrogen-bond acceptors (Lipinski definition) is 5. The first kappa shape index (κ1) is 23.2. The first-order valence-electron chi connectivity index (χ1n) is 12.0. The molecule has 7 nitrogen and oxygen atoms in total. The van der Waals surface area contributed by atoms with Crippen molar-refractivity contribution in [3.8, 4) is 5.82 Å². The van der Waals surface area contributed by atoms with Gasteiger partial charge in [-0.3, -0.25) is 4.79 Å². The van der Waals surface area contributed by atoms with E-state index in [0.29, 0.717) is 34.8 Å². The summed E-state index contributed by atoms with van der Waals surface area (Å²) in [5.41, 5.74) is 2.72. The van der Waals surface area contributed by atoms with E-state index in [9.17, 15) is 9.18 Å². The monoisotopic (exact) mass is 474 g/mol. The molecule has 0 bridgehead atoms. The number of halogens is 1. The number of alkyl halides is 1. The quantitative estimate of drug-likeness (QED) is 0.429. The topological polar surface area (TPSA) is 76.8 Å². The Bertz CT molecular complexity index is 1480. The van der Waals surface area contributed by atoms with E-state index in [1.54, 1.807) is 33.8 Å². The van der Waals surface area contributed by atoms with Crippen LogP contribution in [0.4, 0.5) is 15.9 Å². The number of anilines is 2. The summed E-state index contributed by atoms with van der Waals surface area (Å²) in [7, 11) is 0. The summed E-state index contributed by atoms with van der Waals surface area (Å²) in [6, 6.07) is 13.4. The van der Waals surface area contributed by atoms with Crippen LogP contribution in [0.2, 0.25) is 0 Å². The number of fused-ring (bicyclic) bond motifs is 2. The molecule has 0 saturated heterocycles. The summed E-state index contributed by atoms with van der Waals surface area (Å²) < 4.78 is 18.0. The third-order valence-electron chi connectivity index (χ3n) is 6.69. The predicted octanol–water partition coefficient (Wildman–Crippen LogP) is 4.93. The molecule has 1 aliphatic heterocycles. The van der Waals surface area contributed by atoms with Crippen molar-refractivity contribution in [2.45, 2.75) is 58.8 Å². The maximum Gasteiger partial charge on any atom is 0.276 e. The molecule has 182 valence electrons. The van der Waals surface area contributed by atoms with Crippen molar-refractivity contribution < 1.29 is 4.39 Å². The zero-order valence-electron chi connectivity index (χ0n) is 20.8. The minimum Gasteiger partial charge on any atom is -0.340 e. The molecule has 0 aliphatic carbocycles. The Labute approximate surface area is 204 Å². The van der Waals surface area contributed by atoms with Crippen molar-refractivity contribution in [1.29, 1.82) is 0 Å². The molecular weight excluding hydrogens is 443 g/mol. The molecule has 5 rings (SSSR count). The number of hydrogen-bond donors (Lipinski definition) is 2. The highest BCUT2D eigenvalue weighted by molar-refractivity contribution is 5.82. The minimum absolute atomic E-state index is 0.0574. The molecule has 4 heterocycles. The van der Waals surface area contributed by atoms with Crippen molar-refractivity contribution in [3.05, 3.63) is 75.8 Å². The predicted molar refractivity (Wildman–Crippen MR) is 137 cm³/mol. The summed E-state index contributed by atoms with van der Waals surface area (Å²) in [6.45, 7) is 10.6. The largest absolute Gasteiger partial charge is 0.340 e. The van der Waals surface area contributed by atoms with E-state index < -0.39 is 5.67 Å². The number of pyridine rings is 2. The van der Waals surface area contributed by atoms with Gasteiger partial charge in [-0.25, -0.2) is 23.7 Å². The van der Waals surface area contributed by atoms with Gasteiger partial charge in [0.15, 0.2) is 5.82 Å². The van der Waals surface area contributed by atoms with Crippen molar-refractivity contribution in [2.24, 2.45) is 0 Å². The van der Waals surface area contributed by atoms with Crippen LogP contribution >= 0.6 is 0 Å². The van der Waals surface area contributed by atoms with Gasteiger partial charge in [-0.1, -0.05) is 12.1 Å². The van der Waals surface area contributed by atoms with Gasteiger partial charge in [0.25, 0.3) is 5.56 Å². The lowest BCUT2D eigenvalue weighted by atomic mass is 9.85. The first-order valence-corrected chi connectivity index (χ1v) is 12.0. The van der Waals surface area contributed by atoms with E-state index in [0.717, 1.165) is 18.7 Å². The Kier molecular flexibility index (Phi) is 5.51. The Hall–Kier alpha value is -3.52. The standard InChI is InChI=1S/C27H31FN6O/c1-6-33-25(35)19-16-29-23(31-18-10-11-20-17(14-18)12-13-30-27(20,4)5)15-21(19)34(33)24-9-7-8-22(32-24)26(2,3)28/h7-11,14-16,30H,6,12-13H2,1-5H3,(H,29,31). The molecule has 0 saturated carbocycles. The highest BCUT2D eigenvalue weighted by Crippen LogP contribution is 2.31. The molecule has 0 atom stereocenters. The van der Waals surface area contributed by atoms with Crippen LogP contribution in [0.5, 0.6) is 0 Å². The number of nitrogens with zero attached hydrogens (tertiary/aromatic N) is 4. The molecule has 1 aromatic carbocycles. The first-order chi connectivity index (χ1) is 16.6. The highest BCUT2D eigenvalue weighted by Gasteiger charge is 2.27. The normalized spacial score (nSPS) is 15.3. The second-order valence-electron chi connectivity index (χ2n) is 10.1. The number of nitrogens with one attached hydrogen (secondary N) is 2. The average molecular weight is 475 g/mol. The van der Waals surface area contributed by atoms with Gasteiger partial charge in [0.05, 0.1) is 16.6 Å². The molecular formula is C27H31FN6O. The van der Waals surface area contributed by atoms with Crippen LogP contribution in [0.3, 0.4) is 0 Å². The van der Waals surface area contributed by atoms with E-state index in [1.807, 2.05) is 13.0 Å². The van der Waals surface area contributed by atoms with Gasteiger partial charge >= 0.3 is 0 Å². The molecule has 35 heavy (non-hydrogen) atoms. The Morgan fingerprint density at radius 3 is 2.74 bits per heavy atom. The van der Waals surface area contributed by atoms with Crippen LogP contribution < -0.4 is 16.2 Å². The van der Waals surface area contributed by atoms with Gasteiger partial charge in [-0.2, -0.15) is 0 Å². The van der Waals surface area contributed by atoms with Crippen molar-refractivity contribution >= 4 is 22.4 Å². The average Bonchev–Trinajstić information content (AvgIpc) is 3.09. The fraction of sp³-hybridized carbons (Fsp3) is 0.370. The molecule has 0 spiro atoms. The molecule has 1 aliphatic rings. The number of aromatic nitrogens is 4. The van der Waals surface area contributed by atoms with Gasteiger partial charge in [0, 0.05) is 30.0 Å². The second-order valence-corrected chi connectivity index (χ2v) is 10.1. The highest BCUT2D eigenvalue weighted by atomic mass is 19.1. The molecule has 3 aromatic heterocycles. The van der Waals surface area contributed by atoms with Gasteiger partial charge in [0.1, 0.15) is 11.5 Å². The zero-order chi connectivity index (χ0) is 25.0. The smallest absolute Gasteiger partial charge is 0.276 e. The lowest BCUT2D eigenvalue weighted by molar-refractivity contribution is 0.214. The zero-order valence-corrected chi connectivity index (χ0v) is 20.8. The van der Waals surface area contributed by atoms with Gasteiger partial charge < -0.3 is 10.6 Å². The van der Waals surface area contributed by atoms with E-state index in [2.05, 4.69) is 52.6 Å². The summed E-state index contributed by atoms with van der Waals surface area (Å²) in [5, 5.41) is 7.44. The Balaban J connectivity index is 1.59. The third-order valence-corrected chi connectivity index (χ3v) is 6.69. The minimum atomic E-state index is -1.60. The van der Waals surface area contributed by atoms with Crippen LogP contribution in [-0.2, 0) is 24.2 Å². The van der Waals surface area contributed by atoms with E-state index in [4.69, 9.17) is 0 Å². The van der Waals surface area contributed by atoms with Crippen LogP contribution in [-0.4, -0.2) is 25.9 Å². The summed E-state index contributed by atoms with van der Waals surface area (Å²) >= 11 is 0. The summed E-state index contributed by atoms with van der Waals surface area (Å²) in [6.07, 6.45) is 2.56. The van der Waals surface area contributed by atoms with Crippen LogP contribution in [0.1, 0.15) is 51.4 Å². The van der Waals surface area contributed by atoms with Crippen LogP contribution in [0, 0.1) is 0 Å². The lowest BCUT2D eigenvalue weighted by Gasteiger charge is -2.34. The van der Waals surface area contributed by atoms with Gasteiger partial charge in [-0.15, -0.1) is 0 Å². The molecule has 2 N–H and O–H groups in total. The van der Waals surface area contributed by atoms with Crippen molar-refractivity contribution in [2.75, 3.05) is 11.9 Å². The summed E-state index contributed by atoms with van der Waals surface area (Å²) in [4.78, 5) is 22.2. The Morgan fingerprint density at radius 1 is 1.20 bits per heavy atom. The fourth-order valence-corrected chi connectivity index (χ4v) is 4.86. The number of benzene rings is 1. The van der Waals surface area contributed by atoms with Crippen molar-refractivity contribution in [3.63, 3.8) is 0 Å². The second kappa shape index (κ2) is 8.30. The SMILES string of the molecule is CCn1c(=O)c2cnc(Nc3ccc4c(c3)CCNC4(C)C)cc2n1-c1cccc(C(C)(C)F)n1. The number of rotatable bonds is 5. The molecule has 0 amide bonds. The lowest BCUT2D eigenvalue weighted by Crippen LogP contribution is -2.42. The van der Waals surface area contributed by atoms with Gasteiger partial charge in [-0.05, 0) is 83.0 Å². The molecule has 4 aromatic rings. The van der Waals surface area contributed by atoms with Gasteiger partial charge in [0.2, 0.25) is 0 Å². The van der Waals surface area contributed by atoms with E-state index in [-0.39, 0.29) is 11.1 Å². The fourth-order valence-electron chi connectivity index (χ4n) is 4.86. The van der Waals surface area contributed by atoms with E-state index in [1.165, 1.54) is 25.0 Å². The van der Waals surface area contributed by atoms with E-state index >= 15 is 0 Å². The molecule has 0 radical (unpaired) electrons. The molecule has 0 unspecified atom stereocenters. The van der Waals surface area contributed by atoms with Crippen molar-refractivity contribution in [1.82, 2.24) is 24.6 Å². The van der Waals surface area contributed by atoms with Crippen LogP contribution in [0.25, 0.3) is 16.7 Å². The maximum atomic E-state index is 14.6. The summed E-state index contributed by atoms with van der Waals surface area (Å²) in [5.74, 6) is 1.11. The molecule has 8 heteroatoms. The molecule has 0 fully saturated rings. The maximum absolute atomic E-state index is 14.6. The van der Waals surface area contributed by atoms with Crippen LogP contribution in [0.15, 0.2) is 53.5 Å². The third kappa shape index (κ3) is 4.12. The Morgan fingerprint density at radius 2 is 2.00 bits per heavy atom.